The molecule has 0 bridgehead atoms. The number of nitrogens with one attached hydrogen (secondary N) is 1. The molecule has 0 aromatic carbocycles. The first-order valence-corrected chi connectivity index (χ1v) is 4.53. The smallest absolute Gasteiger partial charge is 0.220 e. The standard InChI is InChI=1S/C8H15N5O/c1-13-6-11-7(12-13)5-10-8(14)3-2-4-9/h6H,2-5,9H2,1H3,(H,10,14). The fourth-order valence-corrected chi connectivity index (χ4v) is 0.994. The predicted molar refractivity (Wildman–Crippen MR) is 51.1 cm³/mol. The van der Waals surface area contributed by atoms with E-state index in [2.05, 4.69) is 15.4 Å². The molecular weight excluding hydrogens is 182 g/mol. The highest BCUT2D eigenvalue weighted by Gasteiger charge is 2.02. The second kappa shape index (κ2) is 5.33. The number of aromatic nitrogens is 3. The van der Waals surface area contributed by atoms with Gasteiger partial charge in [-0.2, -0.15) is 5.10 Å². The Bertz CT molecular complexity index is 296. The van der Waals surface area contributed by atoms with Gasteiger partial charge in [0.15, 0.2) is 5.82 Å². The van der Waals surface area contributed by atoms with E-state index in [1.54, 1.807) is 18.1 Å². The van der Waals surface area contributed by atoms with Crippen molar-refractivity contribution >= 4 is 5.91 Å². The van der Waals surface area contributed by atoms with Crippen LogP contribution >= 0.6 is 0 Å². The SMILES string of the molecule is Cn1cnc(CNC(=O)CCCN)n1. The normalized spacial score (nSPS) is 10.1. The molecule has 0 fully saturated rings. The molecule has 3 N–H and O–H groups in total. The molecule has 78 valence electrons. The average Bonchev–Trinajstić information content (AvgIpc) is 2.58. The summed E-state index contributed by atoms with van der Waals surface area (Å²) in [6.45, 7) is 0.916. The topological polar surface area (TPSA) is 85.8 Å². The lowest BCUT2D eigenvalue weighted by molar-refractivity contribution is -0.121. The number of carbonyl (C=O) groups excluding carboxylic acids is 1. The summed E-state index contributed by atoms with van der Waals surface area (Å²) in [7, 11) is 1.78. The molecule has 0 saturated carbocycles. The van der Waals surface area contributed by atoms with Crippen molar-refractivity contribution in [3.05, 3.63) is 12.2 Å². The Morgan fingerprint density at radius 2 is 2.50 bits per heavy atom. The summed E-state index contributed by atoms with van der Waals surface area (Å²) >= 11 is 0. The second-order valence-electron chi connectivity index (χ2n) is 3.00. The third-order valence-corrected chi connectivity index (χ3v) is 1.70. The second-order valence-corrected chi connectivity index (χ2v) is 3.00. The maximum absolute atomic E-state index is 11.2. The zero-order valence-electron chi connectivity index (χ0n) is 8.23. The van der Waals surface area contributed by atoms with E-state index in [1.807, 2.05) is 0 Å². The quantitative estimate of drug-likeness (QED) is 0.645. The van der Waals surface area contributed by atoms with Crippen molar-refractivity contribution in [1.82, 2.24) is 20.1 Å². The maximum Gasteiger partial charge on any atom is 0.220 e. The van der Waals surface area contributed by atoms with Gasteiger partial charge in [-0.05, 0) is 13.0 Å². The molecule has 0 unspecified atom stereocenters. The third-order valence-electron chi connectivity index (χ3n) is 1.70. The molecule has 6 nitrogen and oxygen atoms in total. The van der Waals surface area contributed by atoms with Gasteiger partial charge in [0.2, 0.25) is 5.91 Å². The Kier molecular flexibility index (Phi) is 4.06. The van der Waals surface area contributed by atoms with Gasteiger partial charge in [0, 0.05) is 13.5 Å². The van der Waals surface area contributed by atoms with E-state index in [-0.39, 0.29) is 5.91 Å². The number of amides is 1. The molecule has 0 spiro atoms. The van der Waals surface area contributed by atoms with Crippen LogP contribution in [0.25, 0.3) is 0 Å². The summed E-state index contributed by atoms with van der Waals surface area (Å²) in [5.74, 6) is 0.608. The van der Waals surface area contributed by atoms with Gasteiger partial charge in [-0.15, -0.1) is 0 Å². The lowest BCUT2D eigenvalue weighted by Crippen LogP contribution is -2.23. The lowest BCUT2D eigenvalue weighted by Gasteiger charge is -2.00. The van der Waals surface area contributed by atoms with E-state index >= 15 is 0 Å². The number of carbonyl (C=O) groups is 1. The summed E-state index contributed by atoms with van der Waals surface area (Å²) in [5.41, 5.74) is 5.28. The van der Waals surface area contributed by atoms with Crippen LogP contribution < -0.4 is 11.1 Å². The summed E-state index contributed by atoms with van der Waals surface area (Å²) in [4.78, 5) is 15.1. The van der Waals surface area contributed by atoms with Gasteiger partial charge in [-0.25, -0.2) is 4.98 Å². The molecule has 1 heterocycles. The average molecular weight is 197 g/mol. The van der Waals surface area contributed by atoms with Crippen molar-refractivity contribution < 1.29 is 4.79 Å². The first-order valence-electron chi connectivity index (χ1n) is 4.53. The molecule has 0 aliphatic heterocycles. The van der Waals surface area contributed by atoms with E-state index in [0.717, 1.165) is 0 Å². The minimum atomic E-state index is -0.0112. The molecule has 6 heteroatoms. The zero-order valence-corrected chi connectivity index (χ0v) is 8.23. The van der Waals surface area contributed by atoms with Crippen molar-refractivity contribution in [2.75, 3.05) is 6.54 Å². The molecule has 1 amide bonds. The van der Waals surface area contributed by atoms with E-state index in [4.69, 9.17) is 5.73 Å². The molecule has 0 saturated heterocycles. The zero-order chi connectivity index (χ0) is 10.4. The van der Waals surface area contributed by atoms with Gasteiger partial charge in [0.1, 0.15) is 6.33 Å². The van der Waals surface area contributed by atoms with Gasteiger partial charge in [0.25, 0.3) is 0 Å². The Balaban J connectivity index is 2.23. The first kappa shape index (κ1) is 10.6. The van der Waals surface area contributed by atoms with Crippen LogP contribution in [0.15, 0.2) is 6.33 Å². The van der Waals surface area contributed by atoms with E-state index < -0.39 is 0 Å². The van der Waals surface area contributed by atoms with Crippen LogP contribution in [0.2, 0.25) is 0 Å². The van der Waals surface area contributed by atoms with Crippen molar-refractivity contribution in [2.24, 2.45) is 12.8 Å². The van der Waals surface area contributed by atoms with Gasteiger partial charge in [0.05, 0.1) is 6.54 Å². The molecule has 0 aliphatic carbocycles. The van der Waals surface area contributed by atoms with Crippen molar-refractivity contribution in [3.8, 4) is 0 Å². The first-order chi connectivity index (χ1) is 6.72. The summed E-state index contributed by atoms with van der Waals surface area (Å²) < 4.78 is 1.60. The van der Waals surface area contributed by atoms with Crippen molar-refractivity contribution in [3.63, 3.8) is 0 Å². The molecule has 0 aliphatic rings. The number of nitrogens with two attached hydrogens (primary N) is 1. The molecule has 14 heavy (non-hydrogen) atoms. The monoisotopic (exact) mass is 197 g/mol. The number of hydrogen-bond donors (Lipinski definition) is 2. The number of nitrogens with zero attached hydrogens (tertiary/aromatic N) is 3. The fraction of sp³-hybridized carbons (Fsp3) is 0.625. The molecule has 1 aromatic heterocycles. The number of aryl methyl sites for hydroxylation is 1. The molecular formula is C8H15N5O. The van der Waals surface area contributed by atoms with Crippen LogP contribution in [0.4, 0.5) is 0 Å². The number of hydrogen-bond acceptors (Lipinski definition) is 4. The summed E-state index contributed by atoms with van der Waals surface area (Å²) in [6, 6.07) is 0. The van der Waals surface area contributed by atoms with Crippen molar-refractivity contribution in [1.29, 1.82) is 0 Å². The minimum absolute atomic E-state index is 0.0112. The highest BCUT2D eigenvalue weighted by Crippen LogP contribution is 1.89. The predicted octanol–water partition coefficient (Wildman–Crippen LogP) is -0.830. The largest absolute Gasteiger partial charge is 0.349 e. The molecule has 1 rings (SSSR count). The number of rotatable bonds is 5. The van der Waals surface area contributed by atoms with Gasteiger partial charge in [-0.3, -0.25) is 9.48 Å². The van der Waals surface area contributed by atoms with Gasteiger partial charge >= 0.3 is 0 Å². The maximum atomic E-state index is 11.2. The van der Waals surface area contributed by atoms with Crippen LogP contribution in [0.1, 0.15) is 18.7 Å². The molecule has 0 atom stereocenters. The van der Waals surface area contributed by atoms with Crippen LogP contribution in [0.5, 0.6) is 0 Å². The Labute approximate surface area is 82.5 Å². The Hall–Kier alpha value is -1.43. The summed E-state index contributed by atoms with van der Waals surface area (Å²) in [5, 5.41) is 6.74. The van der Waals surface area contributed by atoms with Crippen LogP contribution in [-0.2, 0) is 18.4 Å². The third kappa shape index (κ3) is 3.53. The minimum Gasteiger partial charge on any atom is -0.349 e. The van der Waals surface area contributed by atoms with E-state index in [9.17, 15) is 4.79 Å². The van der Waals surface area contributed by atoms with Gasteiger partial charge < -0.3 is 11.1 Å². The van der Waals surface area contributed by atoms with E-state index in [0.29, 0.717) is 31.8 Å². The van der Waals surface area contributed by atoms with Crippen LogP contribution in [-0.4, -0.2) is 27.2 Å². The lowest BCUT2D eigenvalue weighted by atomic mass is 10.3. The fourth-order valence-electron chi connectivity index (χ4n) is 0.994. The molecule has 0 radical (unpaired) electrons. The summed E-state index contributed by atoms with van der Waals surface area (Å²) in [6.07, 6.45) is 2.77. The Morgan fingerprint density at radius 3 is 3.07 bits per heavy atom. The highest BCUT2D eigenvalue weighted by atomic mass is 16.1. The van der Waals surface area contributed by atoms with Crippen LogP contribution in [0, 0.1) is 0 Å². The molecule has 1 aromatic rings. The highest BCUT2D eigenvalue weighted by molar-refractivity contribution is 5.75. The van der Waals surface area contributed by atoms with Crippen molar-refractivity contribution in [2.45, 2.75) is 19.4 Å². The van der Waals surface area contributed by atoms with E-state index in [1.165, 1.54) is 0 Å². The Morgan fingerprint density at radius 1 is 1.71 bits per heavy atom. The van der Waals surface area contributed by atoms with Gasteiger partial charge in [-0.1, -0.05) is 0 Å². The van der Waals surface area contributed by atoms with Crippen LogP contribution in [0.3, 0.4) is 0 Å².